The SMILES string of the molecule is CCOC(=O)/C=C\[C@@H]1C(=N)C(=O)C1=O. The summed E-state index contributed by atoms with van der Waals surface area (Å²) in [6.07, 6.45) is 2.27. The van der Waals surface area contributed by atoms with Crippen molar-refractivity contribution in [3.63, 3.8) is 0 Å². The molecule has 0 aliphatic heterocycles. The van der Waals surface area contributed by atoms with Crippen molar-refractivity contribution in [2.24, 2.45) is 5.92 Å². The van der Waals surface area contributed by atoms with E-state index >= 15 is 0 Å². The van der Waals surface area contributed by atoms with E-state index in [-0.39, 0.29) is 12.3 Å². The molecule has 0 amide bonds. The van der Waals surface area contributed by atoms with Gasteiger partial charge in [0.1, 0.15) is 0 Å². The Morgan fingerprint density at radius 3 is 2.71 bits per heavy atom. The smallest absolute Gasteiger partial charge is 0.330 e. The van der Waals surface area contributed by atoms with Gasteiger partial charge in [0.05, 0.1) is 18.2 Å². The number of ether oxygens (including phenoxy) is 1. The van der Waals surface area contributed by atoms with Crippen molar-refractivity contribution in [3.8, 4) is 0 Å². The van der Waals surface area contributed by atoms with E-state index in [0.29, 0.717) is 0 Å². The molecule has 0 heterocycles. The number of carbonyl (C=O) groups excluding carboxylic acids is 3. The lowest BCUT2D eigenvalue weighted by atomic mass is 9.80. The monoisotopic (exact) mass is 195 g/mol. The molecule has 0 aromatic rings. The van der Waals surface area contributed by atoms with Crippen molar-refractivity contribution in [2.75, 3.05) is 6.61 Å². The molecule has 0 aromatic heterocycles. The Bertz CT molecular complexity index is 325. The van der Waals surface area contributed by atoms with Crippen LogP contribution in [0, 0.1) is 11.3 Å². The molecule has 1 rings (SSSR count). The molecule has 0 unspecified atom stereocenters. The minimum absolute atomic E-state index is 0.248. The Labute approximate surface area is 80.2 Å². The summed E-state index contributed by atoms with van der Waals surface area (Å²) in [6.45, 7) is 1.91. The van der Waals surface area contributed by atoms with Crippen molar-refractivity contribution in [3.05, 3.63) is 12.2 Å². The largest absolute Gasteiger partial charge is 0.463 e. The van der Waals surface area contributed by atoms with Gasteiger partial charge in [0.2, 0.25) is 11.6 Å². The molecular formula is C9H9NO4. The van der Waals surface area contributed by atoms with Crippen LogP contribution in [0.2, 0.25) is 0 Å². The van der Waals surface area contributed by atoms with Crippen molar-refractivity contribution in [1.29, 1.82) is 5.41 Å². The molecule has 0 aromatic carbocycles. The lowest BCUT2D eigenvalue weighted by Gasteiger charge is -2.19. The van der Waals surface area contributed by atoms with Gasteiger partial charge in [-0.3, -0.25) is 9.59 Å². The molecule has 1 saturated carbocycles. The van der Waals surface area contributed by atoms with E-state index in [1.807, 2.05) is 0 Å². The van der Waals surface area contributed by atoms with Gasteiger partial charge in [-0.25, -0.2) is 4.79 Å². The topological polar surface area (TPSA) is 84.3 Å². The molecule has 0 spiro atoms. The zero-order chi connectivity index (χ0) is 10.7. The molecule has 1 N–H and O–H groups in total. The molecule has 1 fully saturated rings. The molecule has 1 aliphatic rings. The van der Waals surface area contributed by atoms with Crippen molar-refractivity contribution < 1.29 is 19.1 Å². The second kappa shape index (κ2) is 3.95. The van der Waals surface area contributed by atoms with Gasteiger partial charge in [-0.2, -0.15) is 0 Å². The number of esters is 1. The van der Waals surface area contributed by atoms with Crippen LogP contribution in [0.1, 0.15) is 6.92 Å². The van der Waals surface area contributed by atoms with Crippen LogP contribution in [0.25, 0.3) is 0 Å². The predicted molar refractivity (Wildman–Crippen MR) is 47.0 cm³/mol. The fraction of sp³-hybridized carbons (Fsp3) is 0.333. The summed E-state index contributed by atoms with van der Waals surface area (Å²) < 4.78 is 4.57. The van der Waals surface area contributed by atoms with Crippen LogP contribution in [0.15, 0.2) is 12.2 Å². The van der Waals surface area contributed by atoms with Crippen molar-refractivity contribution in [1.82, 2.24) is 0 Å². The molecule has 0 saturated heterocycles. The predicted octanol–water partition coefficient (Wildman–Crippen LogP) is -0.107. The van der Waals surface area contributed by atoms with Gasteiger partial charge in [-0.05, 0) is 6.92 Å². The molecule has 14 heavy (non-hydrogen) atoms. The van der Waals surface area contributed by atoms with E-state index in [0.717, 1.165) is 6.08 Å². The van der Waals surface area contributed by atoms with Crippen LogP contribution in [0.4, 0.5) is 0 Å². The van der Waals surface area contributed by atoms with Gasteiger partial charge >= 0.3 is 5.97 Å². The Hall–Kier alpha value is -1.78. The van der Waals surface area contributed by atoms with Crippen LogP contribution in [0.5, 0.6) is 0 Å². The average molecular weight is 195 g/mol. The van der Waals surface area contributed by atoms with Crippen LogP contribution in [-0.4, -0.2) is 29.9 Å². The van der Waals surface area contributed by atoms with Crippen LogP contribution < -0.4 is 0 Å². The van der Waals surface area contributed by atoms with E-state index in [9.17, 15) is 14.4 Å². The fourth-order valence-electron chi connectivity index (χ4n) is 1.02. The quantitative estimate of drug-likeness (QED) is 0.387. The maximum absolute atomic E-state index is 10.8. The highest BCUT2D eigenvalue weighted by atomic mass is 16.5. The summed E-state index contributed by atoms with van der Waals surface area (Å²) in [5, 5.41) is 7.10. The second-order valence-electron chi connectivity index (χ2n) is 2.70. The summed E-state index contributed by atoms with van der Waals surface area (Å²) in [6, 6.07) is 0. The van der Waals surface area contributed by atoms with E-state index in [2.05, 4.69) is 4.74 Å². The Balaban J connectivity index is 2.54. The highest BCUT2D eigenvalue weighted by molar-refractivity contribution is 6.78. The van der Waals surface area contributed by atoms with Gasteiger partial charge in [0, 0.05) is 6.08 Å². The zero-order valence-corrected chi connectivity index (χ0v) is 7.57. The number of allylic oxidation sites excluding steroid dienone is 1. The maximum Gasteiger partial charge on any atom is 0.330 e. The number of hydrogen-bond acceptors (Lipinski definition) is 5. The van der Waals surface area contributed by atoms with Crippen molar-refractivity contribution >= 4 is 23.2 Å². The molecule has 1 aliphatic carbocycles. The van der Waals surface area contributed by atoms with Crippen LogP contribution in [-0.2, 0) is 19.1 Å². The molecule has 5 nitrogen and oxygen atoms in total. The number of nitrogens with one attached hydrogen (secondary N) is 1. The molecule has 5 heteroatoms. The van der Waals surface area contributed by atoms with E-state index < -0.39 is 23.5 Å². The summed E-state index contributed by atoms with van der Waals surface area (Å²) >= 11 is 0. The van der Waals surface area contributed by atoms with Crippen LogP contribution in [0.3, 0.4) is 0 Å². The molecule has 74 valence electrons. The highest BCUT2D eigenvalue weighted by Gasteiger charge is 2.42. The number of hydrogen-bond donors (Lipinski definition) is 1. The van der Waals surface area contributed by atoms with Gasteiger partial charge in [-0.1, -0.05) is 6.08 Å². The first-order valence-electron chi connectivity index (χ1n) is 4.09. The minimum Gasteiger partial charge on any atom is -0.463 e. The van der Waals surface area contributed by atoms with Gasteiger partial charge in [0.25, 0.3) is 0 Å². The molecular weight excluding hydrogens is 186 g/mol. The molecule has 1 atom stereocenters. The number of Topliss-reactive ketones (excluding diaryl/α,β-unsaturated/α-hetero) is 2. The van der Waals surface area contributed by atoms with E-state index in [4.69, 9.17) is 5.41 Å². The Kier molecular flexibility index (Phi) is 2.91. The normalized spacial score (nSPS) is 21.2. The number of ketones is 2. The summed E-state index contributed by atoms with van der Waals surface area (Å²) in [7, 11) is 0. The third-order valence-corrected chi connectivity index (χ3v) is 1.77. The van der Waals surface area contributed by atoms with E-state index in [1.54, 1.807) is 6.92 Å². The lowest BCUT2D eigenvalue weighted by molar-refractivity contribution is -0.137. The summed E-state index contributed by atoms with van der Waals surface area (Å²) in [5.41, 5.74) is -0.268. The average Bonchev–Trinajstić information content (AvgIpc) is 2.17. The second-order valence-corrected chi connectivity index (χ2v) is 2.70. The minimum atomic E-state index is -0.855. The highest BCUT2D eigenvalue weighted by Crippen LogP contribution is 2.16. The number of rotatable bonds is 3. The van der Waals surface area contributed by atoms with Gasteiger partial charge < -0.3 is 10.1 Å². The first-order chi connectivity index (χ1) is 6.57. The molecule has 0 bridgehead atoms. The zero-order valence-electron chi connectivity index (χ0n) is 7.57. The van der Waals surface area contributed by atoms with Gasteiger partial charge in [0.15, 0.2) is 0 Å². The Morgan fingerprint density at radius 2 is 2.21 bits per heavy atom. The Morgan fingerprint density at radius 1 is 1.57 bits per heavy atom. The first-order valence-corrected chi connectivity index (χ1v) is 4.09. The molecule has 0 radical (unpaired) electrons. The van der Waals surface area contributed by atoms with Crippen molar-refractivity contribution in [2.45, 2.75) is 6.92 Å². The van der Waals surface area contributed by atoms with Gasteiger partial charge in [-0.15, -0.1) is 0 Å². The standard InChI is InChI=1S/C9H9NO4/c1-2-14-6(11)4-3-5-7(10)9(13)8(5)12/h3-5,10H,2H2,1H3/b4-3-,10-7?/t5-/m1/s1. The summed E-state index contributed by atoms with van der Waals surface area (Å²) in [4.78, 5) is 32.3. The maximum atomic E-state index is 10.8. The summed E-state index contributed by atoms with van der Waals surface area (Å²) in [5.74, 6) is -2.85. The first kappa shape index (κ1) is 10.3. The third-order valence-electron chi connectivity index (χ3n) is 1.77. The van der Waals surface area contributed by atoms with Crippen LogP contribution >= 0.6 is 0 Å². The number of carbonyl (C=O) groups is 3. The van der Waals surface area contributed by atoms with E-state index in [1.165, 1.54) is 6.08 Å². The lowest BCUT2D eigenvalue weighted by Crippen LogP contribution is -2.47. The third kappa shape index (κ3) is 1.76. The fourth-order valence-corrected chi connectivity index (χ4v) is 1.02.